The molecule has 0 saturated heterocycles. The largest absolute Gasteiger partial charge is 0.465 e. The summed E-state index contributed by atoms with van der Waals surface area (Å²) in [5.41, 5.74) is 4.13. The van der Waals surface area contributed by atoms with Gasteiger partial charge in [0.2, 0.25) is 5.36 Å². The number of nitrogens with zero attached hydrogens (tertiary/aromatic N) is 2. The molecule has 2 aromatic carbocycles. The third-order valence-electron chi connectivity index (χ3n) is 5.76. The first-order valence-electron chi connectivity index (χ1n) is 10.6. The Morgan fingerprint density at radius 3 is 2.35 bits per heavy atom. The highest BCUT2D eigenvalue weighted by Crippen LogP contribution is 2.42. The molecule has 2 aliphatic rings. The maximum absolute atomic E-state index is 12.7. The Morgan fingerprint density at radius 2 is 1.71 bits per heavy atom. The van der Waals surface area contributed by atoms with Crippen molar-refractivity contribution >= 4 is 28.6 Å². The molecule has 0 amide bonds. The molecule has 1 heterocycles. The number of hydrogen-bond acceptors (Lipinski definition) is 7. The fourth-order valence-electron chi connectivity index (χ4n) is 3.95. The molecule has 34 heavy (non-hydrogen) atoms. The van der Waals surface area contributed by atoms with E-state index < -0.39 is 11.9 Å². The normalized spacial score (nSPS) is 10.9. The highest BCUT2D eigenvalue weighted by Gasteiger charge is 2.24. The number of anilines is 1. The van der Waals surface area contributed by atoms with Gasteiger partial charge in [-0.05, 0) is 42.0 Å². The second-order valence-electron chi connectivity index (χ2n) is 8.28. The van der Waals surface area contributed by atoms with Crippen molar-refractivity contribution in [2.45, 2.75) is 0 Å². The van der Waals surface area contributed by atoms with Crippen LogP contribution in [-0.2, 0) is 9.57 Å². The molecule has 2 aromatic rings. The number of esters is 1. The average Bonchev–Trinajstić information content (AvgIpc) is 2.85. The van der Waals surface area contributed by atoms with Crippen molar-refractivity contribution in [3.63, 3.8) is 0 Å². The van der Waals surface area contributed by atoms with Crippen LogP contribution in [0.1, 0.15) is 20.7 Å². The standard InChI is InChI=1S/C26H26N3O5/c1-28(2)16-7-10-19-22(13-16)33-23-14-17(29(3)4)8-11-20(23)24(19)21-12-15(25(30)34-27)6-9-18(21)26(31)32-5/h6-14H,27H2,1-5H3/q+1. The molecule has 0 fully saturated rings. The van der Waals surface area contributed by atoms with Crippen LogP contribution in [0.3, 0.4) is 0 Å². The van der Waals surface area contributed by atoms with Crippen molar-refractivity contribution in [3.8, 4) is 22.5 Å². The van der Waals surface area contributed by atoms with Gasteiger partial charge >= 0.3 is 11.9 Å². The number of carbonyl (C=O) groups excluding carboxylic acids is 2. The topological polar surface area (TPSA) is 98.0 Å². The molecule has 8 nitrogen and oxygen atoms in total. The third-order valence-corrected chi connectivity index (χ3v) is 5.76. The van der Waals surface area contributed by atoms with Crippen LogP contribution in [0, 0.1) is 0 Å². The lowest BCUT2D eigenvalue weighted by atomic mass is 9.89. The van der Waals surface area contributed by atoms with Gasteiger partial charge in [0.15, 0.2) is 0 Å². The zero-order valence-electron chi connectivity index (χ0n) is 19.7. The molecule has 1 aliphatic heterocycles. The number of carbonyl (C=O) groups is 2. The number of nitrogens with two attached hydrogens (primary N) is 1. The summed E-state index contributed by atoms with van der Waals surface area (Å²) in [7, 11) is 9.11. The Labute approximate surface area is 196 Å². The highest BCUT2D eigenvalue weighted by molar-refractivity contribution is 6.09. The molecule has 0 bridgehead atoms. The molecule has 0 aromatic heterocycles. The monoisotopic (exact) mass is 460 g/mol. The lowest BCUT2D eigenvalue weighted by molar-refractivity contribution is 0.0501. The lowest BCUT2D eigenvalue weighted by Crippen LogP contribution is -2.21. The summed E-state index contributed by atoms with van der Waals surface area (Å²) < 4.78 is 13.3. The Kier molecular flexibility index (Phi) is 6.08. The molecule has 4 rings (SSSR count). The maximum atomic E-state index is 12.7. The number of hydrogen-bond donors (Lipinski definition) is 1. The van der Waals surface area contributed by atoms with E-state index in [4.69, 9.17) is 15.1 Å². The van der Waals surface area contributed by atoms with E-state index >= 15 is 0 Å². The average molecular weight is 461 g/mol. The van der Waals surface area contributed by atoms with E-state index in [0.29, 0.717) is 22.5 Å². The van der Waals surface area contributed by atoms with Crippen LogP contribution in [-0.4, -0.2) is 47.2 Å². The van der Waals surface area contributed by atoms with Gasteiger partial charge < -0.3 is 18.9 Å². The van der Waals surface area contributed by atoms with Gasteiger partial charge in [0.05, 0.1) is 24.3 Å². The van der Waals surface area contributed by atoms with Crippen molar-refractivity contribution in [1.29, 1.82) is 0 Å². The molecule has 2 N–H and O–H groups in total. The first-order chi connectivity index (χ1) is 16.2. The van der Waals surface area contributed by atoms with Crippen LogP contribution < -0.4 is 20.7 Å². The summed E-state index contributed by atoms with van der Waals surface area (Å²) >= 11 is 0. The van der Waals surface area contributed by atoms with Gasteiger partial charge in [-0.25, -0.2) is 14.2 Å². The van der Waals surface area contributed by atoms with E-state index in [1.165, 1.54) is 19.2 Å². The smallest absolute Gasteiger partial charge is 0.356 e. The Balaban J connectivity index is 2.19. The zero-order chi connectivity index (χ0) is 24.6. The molecule has 0 atom stereocenters. The van der Waals surface area contributed by atoms with E-state index in [2.05, 4.69) is 4.84 Å². The van der Waals surface area contributed by atoms with Gasteiger partial charge in [-0.1, -0.05) is 0 Å². The number of methoxy groups -OCH3 is 1. The van der Waals surface area contributed by atoms with Crippen LogP contribution in [0.4, 0.5) is 5.69 Å². The SMILES string of the molecule is COC(=O)c1ccc(C(=O)ON)cc1-c1c2ccc(=[N+](C)C)cc-2oc2cc(N(C)C)ccc12. The summed E-state index contributed by atoms with van der Waals surface area (Å²) in [5.74, 6) is 4.51. The Morgan fingerprint density at radius 1 is 0.941 bits per heavy atom. The number of rotatable bonds is 4. The van der Waals surface area contributed by atoms with Gasteiger partial charge in [-0.15, -0.1) is 0 Å². The Bertz CT molecular complexity index is 1470. The summed E-state index contributed by atoms with van der Waals surface area (Å²) in [6.07, 6.45) is 0. The van der Waals surface area contributed by atoms with Gasteiger partial charge in [-0.2, -0.15) is 5.90 Å². The molecule has 0 unspecified atom stereocenters. The minimum absolute atomic E-state index is 0.210. The number of benzene rings is 3. The molecule has 0 radical (unpaired) electrons. The first kappa shape index (κ1) is 23.0. The minimum atomic E-state index is -0.711. The van der Waals surface area contributed by atoms with Crippen molar-refractivity contribution < 1.29 is 23.6 Å². The van der Waals surface area contributed by atoms with Crippen molar-refractivity contribution in [2.75, 3.05) is 40.2 Å². The van der Waals surface area contributed by atoms with Crippen molar-refractivity contribution in [2.24, 2.45) is 5.90 Å². The van der Waals surface area contributed by atoms with E-state index in [1.54, 1.807) is 6.07 Å². The van der Waals surface area contributed by atoms with E-state index in [1.807, 2.05) is 74.1 Å². The summed E-state index contributed by atoms with van der Waals surface area (Å²) in [4.78, 5) is 31.3. The van der Waals surface area contributed by atoms with E-state index in [9.17, 15) is 9.59 Å². The Hall–Kier alpha value is -4.17. The van der Waals surface area contributed by atoms with Crippen LogP contribution in [0.5, 0.6) is 0 Å². The zero-order valence-corrected chi connectivity index (χ0v) is 19.7. The lowest BCUT2D eigenvalue weighted by Gasteiger charge is -2.19. The quantitative estimate of drug-likeness (QED) is 0.216. The summed E-state index contributed by atoms with van der Waals surface area (Å²) in [6.45, 7) is 0. The van der Waals surface area contributed by atoms with Gasteiger partial charge in [0.1, 0.15) is 25.4 Å². The van der Waals surface area contributed by atoms with Gasteiger partial charge in [0.25, 0.3) is 0 Å². The molecular weight excluding hydrogens is 434 g/mol. The predicted octanol–water partition coefficient (Wildman–Crippen LogP) is 3.12. The molecular formula is C26H26N3O5+. The van der Waals surface area contributed by atoms with E-state index in [-0.39, 0.29) is 5.56 Å². The fourth-order valence-corrected chi connectivity index (χ4v) is 3.95. The first-order valence-corrected chi connectivity index (χ1v) is 10.6. The second-order valence-corrected chi connectivity index (χ2v) is 8.28. The van der Waals surface area contributed by atoms with Crippen LogP contribution in [0.15, 0.2) is 59.0 Å². The van der Waals surface area contributed by atoms with Crippen LogP contribution in [0.25, 0.3) is 33.4 Å². The molecule has 0 spiro atoms. The summed E-state index contributed by atoms with van der Waals surface area (Å²) in [6, 6.07) is 16.3. The van der Waals surface area contributed by atoms with Crippen LogP contribution >= 0.6 is 0 Å². The van der Waals surface area contributed by atoms with Crippen molar-refractivity contribution in [3.05, 3.63) is 71.1 Å². The highest BCUT2D eigenvalue weighted by atomic mass is 16.7. The fraction of sp³-hybridized carbons (Fsp3) is 0.192. The number of ether oxygens (including phenoxy) is 1. The summed E-state index contributed by atoms with van der Waals surface area (Å²) in [5, 5.41) is 1.73. The van der Waals surface area contributed by atoms with Gasteiger partial charge in [-0.3, -0.25) is 0 Å². The van der Waals surface area contributed by atoms with Crippen LogP contribution in [0.2, 0.25) is 0 Å². The predicted molar refractivity (Wildman–Crippen MR) is 131 cm³/mol. The third kappa shape index (κ3) is 3.99. The number of fused-ring (bicyclic) bond motifs is 2. The molecule has 8 heteroatoms. The van der Waals surface area contributed by atoms with E-state index in [0.717, 1.165) is 27.6 Å². The maximum Gasteiger partial charge on any atom is 0.356 e. The minimum Gasteiger partial charge on any atom is -0.465 e. The molecule has 174 valence electrons. The van der Waals surface area contributed by atoms with Crippen molar-refractivity contribution in [1.82, 2.24) is 4.58 Å². The molecule has 1 aliphatic carbocycles. The second kappa shape index (κ2) is 8.99. The molecule has 0 saturated carbocycles. The van der Waals surface area contributed by atoms with Gasteiger partial charge in [0, 0.05) is 48.4 Å².